The highest BCUT2D eigenvalue weighted by molar-refractivity contribution is 7.99. The normalized spacial score (nSPS) is 14.8. The first-order valence-corrected chi connectivity index (χ1v) is 12.3. The van der Waals surface area contributed by atoms with Crippen LogP contribution in [0.2, 0.25) is 0 Å². The number of thioether (sulfide) groups is 1. The molecule has 1 amide bonds. The zero-order chi connectivity index (χ0) is 23.9. The number of fused-ring (bicyclic) bond motifs is 3. The summed E-state index contributed by atoms with van der Waals surface area (Å²) in [5.41, 5.74) is 2.95. The number of hydrogen-bond acceptors (Lipinski definition) is 7. The maximum atomic E-state index is 12.8. The Bertz CT molecular complexity index is 1170. The van der Waals surface area contributed by atoms with Gasteiger partial charge in [0.25, 0.3) is 0 Å². The average Bonchev–Trinajstić information content (AvgIpc) is 2.99. The van der Waals surface area contributed by atoms with E-state index in [4.69, 9.17) is 9.47 Å². The Labute approximate surface area is 204 Å². The van der Waals surface area contributed by atoms with Gasteiger partial charge in [0.15, 0.2) is 11.9 Å². The molecule has 0 spiro atoms. The highest BCUT2D eigenvalue weighted by atomic mass is 32.2. The van der Waals surface area contributed by atoms with Gasteiger partial charge in [0.05, 0.1) is 12.8 Å². The maximum Gasteiger partial charge on any atom is 0.247 e. The molecule has 0 radical (unpaired) electrons. The van der Waals surface area contributed by atoms with Crippen LogP contribution in [0.5, 0.6) is 11.6 Å². The van der Waals surface area contributed by atoms with Gasteiger partial charge in [-0.3, -0.25) is 9.69 Å². The van der Waals surface area contributed by atoms with Crippen LogP contribution in [-0.2, 0) is 4.79 Å². The molecule has 0 bridgehead atoms. The first-order chi connectivity index (χ1) is 16.6. The molecule has 1 aromatic heterocycles. The summed E-state index contributed by atoms with van der Waals surface area (Å²) in [5, 5.41) is 9.35. The first kappa shape index (κ1) is 23.8. The molecule has 0 N–H and O–H groups in total. The van der Waals surface area contributed by atoms with Crippen molar-refractivity contribution in [1.82, 2.24) is 15.2 Å². The van der Waals surface area contributed by atoms with Crippen molar-refractivity contribution in [3.63, 3.8) is 0 Å². The number of hydrogen-bond donors (Lipinski definition) is 0. The molecule has 0 saturated heterocycles. The summed E-state index contributed by atoms with van der Waals surface area (Å²) in [5.74, 6) is 1.92. The molecule has 2 heterocycles. The molecule has 1 aliphatic rings. The van der Waals surface area contributed by atoms with E-state index in [-0.39, 0.29) is 5.91 Å². The minimum absolute atomic E-state index is 0.147. The molecular formula is C26H28N4O3S. The Balaban J connectivity index is 1.70. The Morgan fingerprint density at radius 2 is 1.94 bits per heavy atom. The van der Waals surface area contributed by atoms with Crippen LogP contribution >= 0.6 is 11.8 Å². The summed E-state index contributed by atoms with van der Waals surface area (Å²) in [6.07, 6.45) is 6.50. The predicted molar refractivity (Wildman–Crippen MR) is 135 cm³/mol. The number of unbranched alkanes of at least 4 members (excludes halogenated alkanes) is 2. The highest BCUT2D eigenvalue weighted by Crippen LogP contribution is 2.39. The zero-order valence-electron chi connectivity index (χ0n) is 19.6. The lowest BCUT2D eigenvalue weighted by molar-refractivity contribution is -0.117. The lowest BCUT2D eigenvalue weighted by atomic mass is 10.1. The van der Waals surface area contributed by atoms with Crippen LogP contribution < -0.4 is 14.4 Å². The molecule has 8 heteroatoms. The summed E-state index contributed by atoms with van der Waals surface area (Å²) in [6, 6.07) is 15.3. The van der Waals surface area contributed by atoms with E-state index in [9.17, 15) is 4.79 Å². The van der Waals surface area contributed by atoms with Gasteiger partial charge in [0, 0.05) is 18.2 Å². The van der Waals surface area contributed by atoms with Crippen molar-refractivity contribution in [2.24, 2.45) is 0 Å². The van der Waals surface area contributed by atoms with E-state index < -0.39 is 6.23 Å². The fourth-order valence-electron chi connectivity index (χ4n) is 3.70. The Kier molecular flexibility index (Phi) is 7.80. The largest absolute Gasteiger partial charge is 0.497 e. The Hall–Kier alpha value is -3.39. The minimum Gasteiger partial charge on any atom is -0.497 e. The first-order valence-electron chi connectivity index (χ1n) is 11.4. The van der Waals surface area contributed by atoms with Gasteiger partial charge in [0.1, 0.15) is 5.75 Å². The Morgan fingerprint density at radius 3 is 2.68 bits per heavy atom. The van der Waals surface area contributed by atoms with Crippen LogP contribution in [0.3, 0.4) is 0 Å². The van der Waals surface area contributed by atoms with Crippen molar-refractivity contribution in [1.29, 1.82) is 0 Å². The van der Waals surface area contributed by atoms with Crippen molar-refractivity contribution in [3.8, 4) is 22.9 Å². The zero-order valence-corrected chi connectivity index (χ0v) is 20.4. The monoisotopic (exact) mass is 476 g/mol. The summed E-state index contributed by atoms with van der Waals surface area (Å²) in [4.78, 5) is 19.1. The van der Waals surface area contributed by atoms with Gasteiger partial charge >= 0.3 is 0 Å². The minimum atomic E-state index is -0.698. The molecule has 0 saturated carbocycles. The third kappa shape index (κ3) is 5.39. The lowest BCUT2D eigenvalue weighted by Crippen LogP contribution is -2.41. The third-order valence-electron chi connectivity index (χ3n) is 5.43. The molecule has 7 nitrogen and oxygen atoms in total. The second-order valence-corrected chi connectivity index (χ2v) is 8.91. The van der Waals surface area contributed by atoms with E-state index in [0.717, 1.165) is 35.5 Å². The molecule has 176 valence electrons. The van der Waals surface area contributed by atoms with E-state index in [1.54, 1.807) is 23.8 Å². The molecule has 1 atom stereocenters. The molecule has 3 aromatic rings. The van der Waals surface area contributed by atoms with E-state index in [2.05, 4.69) is 22.1 Å². The fourth-order valence-corrected chi connectivity index (χ4v) is 4.47. The number of amides is 1. The number of aromatic nitrogens is 3. The van der Waals surface area contributed by atoms with Gasteiger partial charge in [-0.25, -0.2) is 0 Å². The molecule has 0 unspecified atom stereocenters. The summed E-state index contributed by atoms with van der Waals surface area (Å²) in [6.45, 7) is 3.70. The van der Waals surface area contributed by atoms with Gasteiger partial charge in [0.2, 0.25) is 16.9 Å². The van der Waals surface area contributed by atoms with Gasteiger partial charge in [-0.15, -0.1) is 10.2 Å². The number of carbonyl (C=O) groups is 1. The van der Waals surface area contributed by atoms with Crippen molar-refractivity contribution in [2.75, 3.05) is 17.8 Å². The summed E-state index contributed by atoms with van der Waals surface area (Å²) in [7, 11) is 1.64. The van der Waals surface area contributed by atoms with Crippen molar-refractivity contribution < 1.29 is 14.3 Å². The van der Waals surface area contributed by atoms with Gasteiger partial charge < -0.3 is 9.47 Å². The van der Waals surface area contributed by atoms with Crippen LogP contribution in [0.15, 0.2) is 59.8 Å². The van der Waals surface area contributed by atoms with E-state index in [0.29, 0.717) is 22.4 Å². The predicted octanol–water partition coefficient (Wildman–Crippen LogP) is 5.61. The number of nitrogens with zero attached hydrogens (tertiary/aromatic N) is 4. The molecule has 34 heavy (non-hydrogen) atoms. The van der Waals surface area contributed by atoms with Crippen LogP contribution in [-0.4, -0.2) is 40.2 Å². The second kappa shape index (κ2) is 11.2. The standard InChI is InChI=1S/C26H28N4O3S/c1-4-5-8-17-34-26-27-25-24(28-29-26)21-9-6-7-10-22(21)30(18(2)31)23(33-25)16-13-19-11-14-20(32-3)15-12-19/h6-7,9-16,23H,4-5,8,17H2,1-3H3/b16-13+/t23-/m1/s1. The number of para-hydroxylation sites is 1. The molecule has 2 aromatic carbocycles. The second-order valence-electron chi connectivity index (χ2n) is 7.85. The van der Waals surface area contributed by atoms with Crippen molar-refractivity contribution >= 4 is 29.4 Å². The van der Waals surface area contributed by atoms with Crippen LogP contribution in [0.25, 0.3) is 17.3 Å². The van der Waals surface area contributed by atoms with Crippen LogP contribution in [0.1, 0.15) is 38.7 Å². The van der Waals surface area contributed by atoms with Crippen LogP contribution in [0.4, 0.5) is 5.69 Å². The van der Waals surface area contributed by atoms with Gasteiger partial charge in [-0.05, 0) is 36.3 Å². The Morgan fingerprint density at radius 1 is 1.15 bits per heavy atom. The molecular weight excluding hydrogens is 448 g/mol. The van der Waals surface area contributed by atoms with E-state index in [1.807, 2.05) is 60.7 Å². The number of carbonyl (C=O) groups excluding carboxylic acids is 1. The lowest BCUT2D eigenvalue weighted by Gasteiger charge is -2.27. The topological polar surface area (TPSA) is 77.4 Å². The highest BCUT2D eigenvalue weighted by Gasteiger charge is 2.32. The van der Waals surface area contributed by atoms with Crippen molar-refractivity contribution in [3.05, 3.63) is 60.2 Å². The summed E-state index contributed by atoms with van der Waals surface area (Å²) >= 11 is 1.57. The van der Waals surface area contributed by atoms with Crippen molar-refractivity contribution in [2.45, 2.75) is 44.5 Å². The smallest absolute Gasteiger partial charge is 0.247 e. The number of benzene rings is 2. The summed E-state index contributed by atoms with van der Waals surface area (Å²) < 4.78 is 11.5. The molecule has 0 aliphatic carbocycles. The average molecular weight is 477 g/mol. The number of ether oxygens (including phenoxy) is 2. The number of anilines is 1. The van der Waals surface area contributed by atoms with Gasteiger partial charge in [-0.2, -0.15) is 4.98 Å². The molecule has 0 fully saturated rings. The van der Waals surface area contributed by atoms with E-state index >= 15 is 0 Å². The molecule has 1 aliphatic heterocycles. The van der Waals surface area contributed by atoms with E-state index in [1.165, 1.54) is 13.3 Å². The SMILES string of the molecule is CCCCCSc1nnc2c(n1)O[C@H](/C=C/c1ccc(OC)cc1)N(C(C)=O)c1ccccc1-2. The van der Waals surface area contributed by atoms with Crippen LogP contribution in [0, 0.1) is 0 Å². The fraction of sp³-hybridized carbons (Fsp3) is 0.308. The van der Waals surface area contributed by atoms with Gasteiger partial charge in [-0.1, -0.05) is 67.9 Å². The quantitative estimate of drug-likeness (QED) is 0.309. The maximum absolute atomic E-state index is 12.8. The third-order valence-corrected chi connectivity index (χ3v) is 6.35. The molecule has 4 rings (SSSR count). The number of methoxy groups -OCH3 is 1. The number of rotatable bonds is 8.